The van der Waals surface area contributed by atoms with Crippen molar-refractivity contribution in [1.29, 1.82) is 0 Å². The van der Waals surface area contributed by atoms with E-state index in [1.165, 1.54) is 0 Å². The molecule has 0 amide bonds. The standard InChI is InChI=1S/C19H33N3O4S/c1-15(2)12-22-17(13-21(3)16-6-9-25-10-7-16)11-20-19(22)27(23,24)14-18-5-4-8-26-18/h11,15-16,18H,4-10,12-14H2,1-3H3. The lowest BCUT2D eigenvalue weighted by atomic mass is 10.1. The minimum atomic E-state index is -3.47. The molecule has 7 nitrogen and oxygen atoms in total. The van der Waals surface area contributed by atoms with Crippen LogP contribution in [0.1, 0.15) is 45.2 Å². The Morgan fingerprint density at radius 3 is 2.63 bits per heavy atom. The molecule has 8 heteroatoms. The summed E-state index contributed by atoms with van der Waals surface area (Å²) in [4.78, 5) is 6.65. The number of aromatic nitrogens is 2. The first-order valence-corrected chi connectivity index (χ1v) is 11.7. The summed E-state index contributed by atoms with van der Waals surface area (Å²) >= 11 is 0. The highest BCUT2D eigenvalue weighted by molar-refractivity contribution is 7.91. The molecule has 154 valence electrons. The van der Waals surface area contributed by atoms with E-state index in [0.717, 1.165) is 44.6 Å². The molecule has 1 atom stereocenters. The highest BCUT2D eigenvalue weighted by Crippen LogP contribution is 2.22. The van der Waals surface area contributed by atoms with Gasteiger partial charge in [-0.15, -0.1) is 0 Å². The average Bonchev–Trinajstić information content (AvgIpc) is 3.25. The molecule has 27 heavy (non-hydrogen) atoms. The highest BCUT2D eigenvalue weighted by atomic mass is 32.2. The first-order chi connectivity index (χ1) is 12.9. The number of hydrogen-bond acceptors (Lipinski definition) is 6. The monoisotopic (exact) mass is 399 g/mol. The molecule has 0 spiro atoms. The molecular formula is C19H33N3O4S. The molecule has 0 aromatic carbocycles. The Labute approximate surface area is 163 Å². The lowest BCUT2D eigenvalue weighted by Crippen LogP contribution is -2.36. The van der Waals surface area contributed by atoms with Crippen LogP contribution in [0.3, 0.4) is 0 Å². The summed E-state index contributed by atoms with van der Waals surface area (Å²) in [5, 5.41) is 0.196. The van der Waals surface area contributed by atoms with Crippen LogP contribution >= 0.6 is 0 Å². The molecule has 2 saturated heterocycles. The van der Waals surface area contributed by atoms with Gasteiger partial charge in [-0.25, -0.2) is 13.4 Å². The van der Waals surface area contributed by atoms with E-state index in [1.54, 1.807) is 6.20 Å². The van der Waals surface area contributed by atoms with Crippen LogP contribution in [0.2, 0.25) is 0 Å². The fourth-order valence-corrected chi connectivity index (χ4v) is 5.57. The van der Waals surface area contributed by atoms with E-state index >= 15 is 0 Å². The van der Waals surface area contributed by atoms with Crippen LogP contribution in [0, 0.1) is 5.92 Å². The van der Waals surface area contributed by atoms with Gasteiger partial charge in [0, 0.05) is 39.0 Å². The Bertz CT molecular complexity index is 705. The molecule has 1 unspecified atom stereocenters. The summed E-state index contributed by atoms with van der Waals surface area (Å²) in [6.07, 6.45) is 5.30. The van der Waals surface area contributed by atoms with Crippen molar-refractivity contribution < 1.29 is 17.9 Å². The maximum absolute atomic E-state index is 13.0. The van der Waals surface area contributed by atoms with Crippen LogP contribution in [-0.2, 0) is 32.4 Å². The molecule has 1 aromatic heterocycles. The van der Waals surface area contributed by atoms with E-state index in [0.29, 0.717) is 31.7 Å². The average molecular weight is 400 g/mol. The number of imidazole rings is 1. The van der Waals surface area contributed by atoms with E-state index in [9.17, 15) is 8.42 Å². The Kier molecular flexibility index (Phi) is 6.94. The van der Waals surface area contributed by atoms with Crippen LogP contribution in [0.15, 0.2) is 11.4 Å². The molecular weight excluding hydrogens is 366 g/mol. The molecule has 3 heterocycles. The van der Waals surface area contributed by atoms with Crippen molar-refractivity contribution in [3.05, 3.63) is 11.9 Å². The largest absolute Gasteiger partial charge is 0.381 e. The summed E-state index contributed by atoms with van der Waals surface area (Å²) in [5.41, 5.74) is 0.962. The van der Waals surface area contributed by atoms with Crippen molar-refractivity contribution in [2.45, 2.75) is 69.9 Å². The van der Waals surface area contributed by atoms with Crippen molar-refractivity contribution in [2.24, 2.45) is 5.92 Å². The third-order valence-electron chi connectivity index (χ3n) is 5.38. The minimum absolute atomic E-state index is 0.0252. The summed E-state index contributed by atoms with van der Waals surface area (Å²) in [7, 11) is -1.37. The third-order valence-corrected chi connectivity index (χ3v) is 7.08. The van der Waals surface area contributed by atoms with Crippen molar-refractivity contribution in [2.75, 3.05) is 32.6 Å². The summed E-state index contributed by atoms with van der Waals surface area (Å²) in [6.45, 7) is 7.78. The zero-order valence-corrected chi connectivity index (χ0v) is 17.6. The number of nitrogens with zero attached hydrogens (tertiary/aromatic N) is 3. The van der Waals surface area contributed by atoms with Crippen LogP contribution < -0.4 is 0 Å². The molecule has 2 fully saturated rings. The molecule has 1 aromatic rings. The van der Waals surface area contributed by atoms with Gasteiger partial charge in [-0.3, -0.25) is 4.90 Å². The van der Waals surface area contributed by atoms with E-state index < -0.39 is 9.84 Å². The first kappa shape index (κ1) is 20.8. The quantitative estimate of drug-likeness (QED) is 0.667. The van der Waals surface area contributed by atoms with E-state index in [2.05, 4.69) is 30.8 Å². The summed E-state index contributed by atoms with van der Waals surface area (Å²) in [5.74, 6) is 0.361. The van der Waals surface area contributed by atoms with E-state index in [-0.39, 0.29) is 17.0 Å². The molecule has 0 radical (unpaired) electrons. The Morgan fingerprint density at radius 2 is 2.00 bits per heavy atom. The molecule has 0 N–H and O–H groups in total. The smallest absolute Gasteiger partial charge is 0.227 e. The molecule has 3 rings (SSSR count). The second kappa shape index (κ2) is 9.03. The zero-order valence-electron chi connectivity index (χ0n) is 16.8. The van der Waals surface area contributed by atoms with Gasteiger partial charge in [0.05, 0.1) is 23.7 Å². The summed E-state index contributed by atoms with van der Waals surface area (Å²) in [6, 6.07) is 0.466. The first-order valence-electron chi connectivity index (χ1n) is 10.0. The van der Waals surface area contributed by atoms with Gasteiger partial charge < -0.3 is 14.0 Å². The van der Waals surface area contributed by atoms with Gasteiger partial charge in [-0.1, -0.05) is 13.8 Å². The van der Waals surface area contributed by atoms with Crippen LogP contribution in [0.25, 0.3) is 0 Å². The molecule has 0 aliphatic carbocycles. The number of hydrogen-bond donors (Lipinski definition) is 0. The summed E-state index contributed by atoms with van der Waals surface area (Å²) < 4.78 is 38.9. The number of rotatable bonds is 8. The van der Waals surface area contributed by atoms with Gasteiger partial charge in [0.25, 0.3) is 0 Å². The Hall–Kier alpha value is -0.960. The minimum Gasteiger partial charge on any atom is -0.381 e. The number of sulfone groups is 1. The van der Waals surface area contributed by atoms with Crippen molar-refractivity contribution >= 4 is 9.84 Å². The van der Waals surface area contributed by atoms with Crippen LogP contribution in [0.5, 0.6) is 0 Å². The predicted octanol–water partition coefficient (Wildman–Crippen LogP) is 2.10. The fourth-order valence-electron chi connectivity index (χ4n) is 3.93. The van der Waals surface area contributed by atoms with Gasteiger partial charge in [-0.05, 0) is 38.6 Å². The van der Waals surface area contributed by atoms with Gasteiger partial charge in [0.2, 0.25) is 15.0 Å². The Morgan fingerprint density at radius 1 is 1.26 bits per heavy atom. The van der Waals surface area contributed by atoms with Crippen molar-refractivity contribution in [3.8, 4) is 0 Å². The zero-order chi connectivity index (χ0) is 19.4. The van der Waals surface area contributed by atoms with E-state index in [1.807, 2.05) is 4.57 Å². The van der Waals surface area contributed by atoms with Gasteiger partial charge in [0.15, 0.2) is 0 Å². The number of ether oxygens (including phenoxy) is 2. The van der Waals surface area contributed by atoms with Crippen LogP contribution in [-0.4, -0.2) is 67.6 Å². The maximum Gasteiger partial charge on any atom is 0.227 e. The second-order valence-corrected chi connectivity index (χ2v) is 10.1. The highest BCUT2D eigenvalue weighted by Gasteiger charge is 2.30. The lowest BCUT2D eigenvalue weighted by Gasteiger charge is -2.31. The molecule has 0 saturated carbocycles. The fraction of sp³-hybridized carbons (Fsp3) is 0.842. The molecule has 0 bridgehead atoms. The van der Waals surface area contributed by atoms with Gasteiger partial charge in [0.1, 0.15) is 0 Å². The molecule has 2 aliphatic rings. The van der Waals surface area contributed by atoms with E-state index in [4.69, 9.17) is 9.47 Å². The topological polar surface area (TPSA) is 73.7 Å². The maximum atomic E-state index is 13.0. The predicted molar refractivity (Wildman–Crippen MR) is 103 cm³/mol. The van der Waals surface area contributed by atoms with Gasteiger partial charge >= 0.3 is 0 Å². The van der Waals surface area contributed by atoms with Crippen molar-refractivity contribution in [1.82, 2.24) is 14.5 Å². The lowest BCUT2D eigenvalue weighted by molar-refractivity contribution is 0.0399. The van der Waals surface area contributed by atoms with Crippen molar-refractivity contribution in [3.63, 3.8) is 0 Å². The van der Waals surface area contributed by atoms with Crippen LogP contribution in [0.4, 0.5) is 0 Å². The normalized spacial score (nSPS) is 22.2. The third kappa shape index (κ3) is 5.31. The SMILES string of the molecule is CC(C)Cn1c(CN(C)C2CCOCC2)cnc1S(=O)(=O)CC1CCCO1. The van der Waals surface area contributed by atoms with Gasteiger partial charge in [-0.2, -0.15) is 0 Å². The second-order valence-electron chi connectivity index (χ2n) is 8.21. The molecule has 2 aliphatic heterocycles. The Balaban J connectivity index is 1.79.